The predicted molar refractivity (Wildman–Crippen MR) is 111 cm³/mol. The highest BCUT2D eigenvalue weighted by Crippen LogP contribution is 2.32. The fourth-order valence-corrected chi connectivity index (χ4v) is 3.25. The zero-order valence-corrected chi connectivity index (χ0v) is 17.4. The molecule has 0 aliphatic carbocycles. The molecule has 1 aliphatic heterocycles. The maximum Gasteiger partial charge on any atom is 0.338 e. The van der Waals surface area contributed by atoms with Gasteiger partial charge in [-0.1, -0.05) is 36.4 Å². The van der Waals surface area contributed by atoms with Crippen molar-refractivity contribution in [1.29, 1.82) is 0 Å². The molecule has 154 valence electrons. The summed E-state index contributed by atoms with van der Waals surface area (Å²) in [5.74, 6) is -0.481. The number of hydrogen-bond acceptors (Lipinski definition) is 6. The maximum absolute atomic E-state index is 13.0. The molecular formula is C23H27NO5. The second-order valence-corrected chi connectivity index (χ2v) is 8.07. The van der Waals surface area contributed by atoms with E-state index in [-0.39, 0.29) is 25.4 Å². The van der Waals surface area contributed by atoms with Gasteiger partial charge in [-0.05, 0) is 51.0 Å². The standard InChI is InChI=1S/C23H27NO5/c1-5-27-19(25)13-14-23(21(26)29-22(2,3)4)15-28-20(24-23)18-12-8-10-16-9-6-7-11-17(16)18/h6-12H,5,13-15H2,1-4H3/t23-/m0/s1. The third-order valence-corrected chi connectivity index (χ3v) is 4.61. The first-order chi connectivity index (χ1) is 13.7. The van der Waals surface area contributed by atoms with Crippen LogP contribution in [0.3, 0.4) is 0 Å². The Hall–Kier alpha value is -2.89. The number of benzene rings is 2. The van der Waals surface area contributed by atoms with Crippen LogP contribution in [-0.4, -0.2) is 42.2 Å². The lowest BCUT2D eigenvalue weighted by molar-refractivity contribution is -0.162. The van der Waals surface area contributed by atoms with Crippen molar-refractivity contribution in [1.82, 2.24) is 0 Å². The van der Waals surface area contributed by atoms with Gasteiger partial charge in [-0.15, -0.1) is 0 Å². The van der Waals surface area contributed by atoms with Crippen molar-refractivity contribution in [3.05, 3.63) is 48.0 Å². The van der Waals surface area contributed by atoms with E-state index in [1.54, 1.807) is 27.7 Å². The number of ether oxygens (including phenoxy) is 3. The smallest absolute Gasteiger partial charge is 0.338 e. The highest BCUT2D eigenvalue weighted by atomic mass is 16.6. The van der Waals surface area contributed by atoms with Gasteiger partial charge in [-0.25, -0.2) is 9.79 Å². The Morgan fingerprint density at radius 1 is 1.14 bits per heavy atom. The molecule has 2 aromatic rings. The Morgan fingerprint density at radius 2 is 1.86 bits per heavy atom. The van der Waals surface area contributed by atoms with Crippen LogP contribution >= 0.6 is 0 Å². The molecule has 2 aromatic carbocycles. The number of aliphatic imine (C=N–C) groups is 1. The van der Waals surface area contributed by atoms with Crippen molar-refractivity contribution >= 4 is 28.6 Å². The zero-order chi connectivity index (χ0) is 21.1. The van der Waals surface area contributed by atoms with Crippen molar-refractivity contribution in [3.63, 3.8) is 0 Å². The third-order valence-electron chi connectivity index (χ3n) is 4.61. The Labute approximate surface area is 170 Å². The van der Waals surface area contributed by atoms with E-state index in [2.05, 4.69) is 4.99 Å². The fraction of sp³-hybridized carbons (Fsp3) is 0.435. The normalized spacial score (nSPS) is 18.8. The maximum atomic E-state index is 13.0. The van der Waals surface area contributed by atoms with Crippen LogP contribution in [0.15, 0.2) is 47.5 Å². The van der Waals surface area contributed by atoms with Crippen molar-refractivity contribution in [2.24, 2.45) is 4.99 Å². The second kappa shape index (κ2) is 8.23. The van der Waals surface area contributed by atoms with Gasteiger partial charge < -0.3 is 14.2 Å². The second-order valence-electron chi connectivity index (χ2n) is 8.07. The van der Waals surface area contributed by atoms with Gasteiger partial charge in [0, 0.05) is 12.0 Å². The molecular weight excluding hydrogens is 370 g/mol. The van der Waals surface area contributed by atoms with E-state index >= 15 is 0 Å². The summed E-state index contributed by atoms with van der Waals surface area (Å²) >= 11 is 0. The van der Waals surface area contributed by atoms with Gasteiger partial charge in [0.1, 0.15) is 12.2 Å². The van der Waals surface area contributed by atoms with E-state index in [0.717, 1.165) is 16.3 Å². The molecule has 0 aromatic heterocycles. The van der Waals surface area contributed by atoms with E-state index < -0.39 is 17.1 Å². The molecule has 0 saturated heterocycles. The summed E-state index contributed by atoms with van der Waals surface area (Å²) in [7, 11) is 0. The minimum atomic E-state index is -1.27. The van der Waals surface area contributed by atoms with E-state index in [0.29, 0.717) is 12.5 Å². The third kappa shape index (κ3) is 4.75. The van der Waals surface area contributed by atoms with Crippen LogP contribution in [0.25, 0.3) is 10.8 Å². The monoisotopic (exact) mass is 397 g/mol. The van der Waals surface area contributed by atoms with Gasteiger partial charge in [0.15, 0.2) is 5.54 Å². The number of hydrogen-bond donors (Lipinski definition) is 0. The highest BCUT2D eigenvalue weighted by molar-refractivity contribution is 6.09. The Balaban J connectivity index is 1.97. The van der Waals surface area contributed by atoms with E-state index in [9.17, 15) is 9.59 Å². The predicted octanol–water partition coefficient (Wildman–Crippen LogP) is 4.04. The topological polar surface area (TPSA) is 74.2 Å². The molecule has 3 rings (SSSR count). The summed E-state index contributed by atoms with van der Waals surface area (Å²) in [5, 5.41) is 2.04. The first kappa shape index (κ1) is 20.8. The lowest BCUT2D eigenvalue weighted by Gasteiger charge is -2.27. The van der Waals surface area contributed by atoms with Crippen molar-refractivity contribution < 1.29 is 23.8 Å². The Kier molecular flexibility index (Phi) is 5.91. The minimum absolute atomic E-state index is 0.0277. The first-order valence-corrected chi connectivity index (χ1v) is 9.84. The van der Waals surface area contributed by atoms with Crippen LogP contribution < -0.4 is 0 Å². The highest BCUT2D eigenvalue weighted by Gasteiger charge is 2.47. The molecule has 1 aliphatic rings. The molecule has 0 N–H and O–H groups in total. The average Bonchev–Trinajstić information content (AvgIpc) is 3.11. The lowest BCUT2D eigenvalue weighted by Crippen LogP contribution is -2.43. The summed E-state index contributed by atoms with van der Waals surface area (Å²) in [6.45, 7) is 7.47. The summed E-state index contributed by atoms with van der Waals surface area (Å²) in [5.41, 5.74) is -1.14. The molecule has 1 heterocycles. The number of carbonyl (C=O) groups excluding carboxylic acids is 2. The molecule has 0 amide bonds. The van der Waals surface area contributed by atoms with Gasteiger partial charge >= 0.3 is 11.9 Å². The zero-order valence-electron chi connectivity index (χ0n) is 17.4. The van der Waals surface area contributed by atoms with Crippen LogP contribution in [0.2, 0.25) is 0 Å². The van der Waals surface area contributed by atoms with Crippen molar-refractivity contribution in [2.75, 3.05) is 13.2 Å². The number of nitrogens with zero attached hydrogens (tertiary/aromatic N) is 1. The number of rotatable bonds is 6. The Bertz CT molecular complexity index is 938. The van der Waals surface area contributed by atoms with Gasteiger partial charge in [0.25, 0.3) is 0 Å². The molecule has 1 atom stereocenters. The summed E-state index contributed by atoms with van der Waals surface area (Å²) in [4.78, 5) is 29.6. The number of fused-ring (bicyclic) bond motifs is 1. The van der Waals surface area contributed by atoms with Crippen molar-refractivity contribution in [3.8, 4) is 0 Å². The SMILES string of the molecule is CCOC(=O)CC[C@@]1(C(=O)OC(C)(C)C)COC(c2cccc3ccccc23)=N1. The van der Waals surface area contributed by atoms with E-state index in [1.807, 2.05) is 42.5 Å². The Morgan fingerprint density at radius 3 is 2.59 bits per heavy atom. The van der Waals surface area contributed by atoms with Crippen LogP contribution in [0, 0.1) is 0 Å². The molecule has 6 nitrogen and oxygen atoms in total. The fourth-order valence-electron chi connectivity index (χ4n) is 3.25. The van der Waals surface area contributed by atoms with Gasteiger partial charge in [0.2, 0.25) is 5.90 Å². The van der Waals surface area contributed by atoms with Crippen LogP contribution in [-0.2, 0) is 23.8 Å². The molecule has 29 heavy (non-hydrogen) atoms. The summed E-state index contributed by atoms with van der Waals surface area (Å²) in [6.07, 6.45) is 0.220. The van der Waals surface area contributed by atoms with Gasteiger partial charge in [-0.3, -0.25) is 4.79 Å². The van der Waals surface area contributed by atoms with Gasteiger partial charge in [-0.2, -0.15) is 0 Å². The minimum Gasteiger partial charge on any atom is -0.474 e. The van der Waals surface area contributed by atoms with Crippen LogP contribution in [0.1, 0.15) is 46.1 Å². The van der Waals surface area contributed by atoms with Crippen LogP contribution in [0.4, 0.5) is 0 Å². The van der Waals surface area contributed by atoms with Crippen LogP contribution in [0.5, 0.6) is 0 Å². The average molecular weight is 397 g/mol. The quantitative estimate of drug-likeness (QED) is 0.688. The number of carbonyl (C=O) groups is 2. The number of esters is 2. The molecule has 0 radical (unpaired) electrons. The van der Waals surface area contributed by atoms with E-state index in [4.69, 9.17) is 14.2 Å². The van der Waals surface area contributed by atoms with Gasteiger partial charge in [0.05, 0.1) is 6.61 Å². The summed E-state index contributed by atoms with van der Waals surface area (Å²) < 4.78 is 16.5. The molecule has 0 bridgehead atoms. The molecule has 0 saturated carbocycles. The molecule has 0 spiro atoms. The lowest BCUT2D eigenvalue weighted by atomic mass is 9.95. The van der Waals surface area contributed by atoms with Crippen molar-refractivity contribution in [2.45, 2.75) is 51.7 Å². The molecule has 0 fully saturated rings. The molecule has 6 heteroatoms. The van der Waals surface area contributed by atoms with E-state index in [1.165, 1.54) is 0 Å². The molecule has 0 unspecified atom stereocenters. The largest absolute Gasteiger partial charge is 0.474 e. The first-order valence-electron chi connectivity index (χ1n) is 9.84. The summed E-state index contributed by atoms with van der Waals surface area (Å²) in [6, 6.07) is 13.8.